The third kappa shape index (κ3) is 15.5. The second-order valence-corrected chi connectivity index (χ2v) is 32.6. The van der Waals surface area contributed by atoms with Crippen molar-refractivity contribution in [1.82, 2.24) is 0 Å². The van der Waals surface area contributed by atoms with Gasteiger partial charge in [0, 0.05) is 31.4 Å². The quantitative estimate of drug-likeness (QED) is 0.0172. The van der Waals surface area contributed by atoms with E-state index in [0.29, 0.717) is 31.4 Å². The Balaban J connectivity index is 1.37. The van der Waals surface area contributed by atoms with Gasteiger partial charge in [0.2, 0.25) is 0 Å². The van der Waals surface area contributed by atoms with Gasteiger partial charge in [0.25, 0.3) is 8.32 Å². The molecule has 1 saturated heterocycles. The predicted molar refractivity (Wildman–Crippen MR) is 300 cm³/mol. The highest BCUT2D eigenvalue weighted by Crippen LogP contribution is 2.46. The Hall–Kier alpha value is -5.04. The first-order valence-electron chi connectivity index (χ1n) is 25.6. The van der Waals surface area contributed by atoms with E-state index in [4.69, 9.17) is 42.3 Å². The number of methoxy groups -OCH3 is 3. The first-order chi connectivity index (χ1) is 35.3. The van der Waals surface area contributed by atoms with E-state index in [0.717, 1.165) is 22.3 Å². The minimum atomic E-state index is -2.83. The largest absolute Gasteiger partial charge is 0.497 e. The smallest absolute Gasteiger partial charge is 0.342 e. The Morgan fingerprint density at radius 2 is 1.42 bits per heavy atom. The van der Waals surface area contributed by atoms with Crippen molar-refractivity contribution >= 4 is 50.5 Å². The van der Waals surface area contributed by atoms with Gasteiger partial charge in [-0.2, -0.15) is 0 Å². The van der Waals surface area contributed by atoms with Gasteiger partial charge in [-0.1, -0.05) is 144 Å². The van der Waals surface area contributed by atoms with Gasteiger partial charge in [-0.25, -0.2) is 9.59 Å². The lowest BCUT2D eigenvalue weighted by Crippen LogP contribution is -2.67. The molecule has 14 heteroatoms. The Morgan fingerprint density at radius 3 is 1.99 bits per heavy atom. The third-order valence-corrected chi connectivity index (χ3v) is 21.2. The number of hydrogen-bond acceptors (Lipinski definition) is 12. The molecule has 0 spiro atoms. The van der Waals surface area contributed by atoms with Gasteiger partial charge in [-0.3, -0.25) is 0 Å². The van der Waals surface area contributed by atoms with Crippen LogP contribution in [0.25, 0.3) is 0 Å². The lowest BCUT2D eigenvalue weighted by atomic mass is 9.92. The zero-order chi connectivity index (χ0) is 53.5. The van der Waals surface area contributed by atoms with Crippen molar-refractivity contribution < 1.29 is 51.9 Å². The first kappa shape index (κ1) is 58.2. The lowest BCUT2D eigenvalue weighted by Gasteiger charge is -2.44. The van der Waals surface area contributed by atoms with Crippen LogP contribution in [0.3, 0.4) is 0 Å². The maximum atomic E-state index is 14.5. The van der Waals surface area contributed by atoms with Crippen LogP contribution in [0, 0.1) is 0 Å². The number of benzene rings is 5. The summed E-state index contributed by atoms with van der Waals surface area (Å²) in [6, 6.07) is 43.1. The highest BCUT2D eigenvalue weighted by molar-refractivity contribution is 7.99. The van der Waals surface area contributed by atoms with E-state index in [9.17, 15) is 9.59 Å². The zero-order valence-corrected chi connectivity index (χ0v) is 48.3. The van der Waals surface area contributed by atoms with Crippen LogP contribution in [0.5, 0.6) is 11.5 Å². The fourth-order valence-electron chi connectivity index (χ4n) is 9.42. The summed E-state index contributed by atoms with van der Waals surface area (Å²) in [6.45, 7) is 19.9. The Kier molecular flexibility index (Phi) is 21.0. The van der Waals surface area contributed by atoms with Crippen molar-refractivity contribution in [2.75, 3.05) is 34.7 Å². The van der Waals surface area contributed by atoms with Gasteiger partial charge in [0.15, 0.2) is 12.6 Å². The second kappa shape index (κ2) is 26.6. The summed E-state index contributed by atoms with van der Waals surface area (Å²) in [7, 11) is 0.0891. The number of esters is 2. The molecule has 6 rings (SSSR count). The van der Waals surface area contributed by atoms with Crippen molar-refractivity contribution in [2.45, 2.75) is 138 Å². The normalized spacial score (nSPS) is 17.1. The fraction of sp³-hybridized carbons (Fsp3) is 0.433. The highest BCUT2D eigenvalue weighted by Gasteiger charge is 2.51. The molecule has 0 N–H and O–H groups in total. The molecule has 2 unspecified atom stereocenters. The standard InChI is InChI=1S/C60H78O11SSi2/c1-43(71-74(59(2,3)4,47-26-18-14-19-27-47)48-28-20-15-21-29-48)23-22-30-51(67-41-44-31-33-45(64-8)34-32-44)56-52(69-60(5,6)70-56)37-38-53(72-46-24-16-13-17-25-46)54-49(57(61)65-9)35-36-50(68-42-63-7)55(54)58(62)66-39-40-73(10,11)12/h13-22,24-36,43,51-53,56H,23,37-42H2,1-12H3/b30-22-/t43-,51?,52-,53?,56+/m0/s1. The minimum Gasteiger partial charge on any atom is -0.497 e. The van der Waals surface area contributed by atoms with E-state index in [1.807, 2.05) is 68.4 Å². The minimum absolute atomic E-state index is 0.123. The first-order valence-corrected chi connectivity index (χ1v) is 32.1. The molecule has 0 saturated carbocycles. The number of thioether (sulfide) groups is 1. The van der Waals surface area contributed by atoms with Gasteiger partial charge in [-0.05, 0) is 109 Å². The van der Waals surface area contributed by atoms with E-state index >= 15 is 0 Å². The van der Waals surface area contributed by atoms with E-state index in [1.54, 1.807) is 31.0 Å². The van der Waals surface area contributed by atoms with Crippen molar-refractivity contribution in [2.24, 2.45) is 0 Å². The van der Waals surface area contributed by atoms with Gasteiger partial charge >= 0.3 is 11.9 Å². The summed E-state index contributed by atoms with van der Waals surface area (Å²) in [6.07, 6.45) is 3.98. The van der Waals surface area contributed by atoms with Crippen LogP contribution in [0.4, 0.5) is 0 Å². The van der Waals surface area contributed by atoms with Crippen molar-refractivity contribution in [3.8, 4) is 11.5 Å². The summed E-state index contributed by atoms with van der Waals surface area (Å²) in [5.41, 5.74) is 1.82. The number of ether oxygens (including phenoxy) is 8. The molecule has 5 aromatic rings. The molecule has 1 aliphatic heterocycles. The van der Waals surface area contributed by atoms with Gasteiger partial charge in [-0.15, -0.1) is 11.8 Å². The SMILES string of the molecule is COCOc1ccc(C(=O)OC)c(C(CC[C@@H]2OC(C)(C)O[C@@H]2C(/C=C\C[C@H](C)O[Si](c2ccccc2)(c2ccccc2)C(C)(C)C)OCc2ccc(OC)cc2)Sc2ccccc2)c1C(=O)OCC[Si](C)(C)C. The molecular formula is C60H78O11SSi2. The van der Waals surface area contributed by atoms with Crippen molar-refractivity contribution in [1.29, 1.82) is 0 Å². The van der Waals surface area contributed by atoms with E-state index < -0.39 is 57.7 Å². The molecule has 1 aliphatic rings. The molecule has 74 heavy (non-hydrogen) atoms. The highest BCUT2D eigenvalue weighted by atomic mass is 32.2. The van der Waals surface area contributed by atoms with Crippen LogP contribution >= 0.6 is 11.8 Å². The molecule has 1 fully saturated rings. The van der Waals surface area contributed by atoms with Crippen molar-refractivity contribution in [3.05, 3.63) is 162 Å². The van der Waals surface area contributed by atoms with Gasteiger partial charge in [0.1, 0.15) is 29.3 Å². The topological polar surface area (TPSA) is 117 Å². The summed E-state index contributed by atoms with van der Waals surface area (Å²) in [5.74, 6) is -1.14. The predicted octanol–water partition coefficient (Wildman–Crippen LogP) is 12.6. The monoisotopic (exact) mass is 1060 g/mol. The molecule has 0 aliphatic carbocycles. The number of carbonyl (C=O) groups excluding carboxylic acids is 2. The van der Waals surface area contributed by atoms with E-state index in [1.165, 1.54) is 24.6 Å². The van der Waals surface area contributed by atoms with Crippen LogP contribution in [-0.2, 0) is 39.5 Å². The summed E-state index contributed by atoms with van der Waals surface area (Å²) in [4.78, 5) is 29.3. The molecule has 0 aromatic heterocycles. The second-order valence-electron chi connectivity index (χ2n) is 21.4. The van der Waals surface area contributed by atoms with Gasteiger partial charge < -0.3 is 42.3 Å². The molecule has 0 amide bonds. The molecule has 5 atom stereocenters. The maximum Gasteiger partial charge on any atom is 0.342 e. The summed E-state index contributed by atoms with van der Waals surface area (Å²) >= 11 is 1.54. The Labute approximate surface area is 446 Å². The van der Waals surface area contributed by atoms with Crippen molar-refractivity contribution in [3.63, 3.8) is 0 Å². The third-order valence-electron chi connectivity index (χ3n) is 13.0. The molecule has 1 heterocycles. The molecule has 5 aromatic carbocycles. The average Bonchev–Trinajstić information content (AvgIpc) is 3.70. The molecule has 0 bridgehead atoms. The van der Waals surface area contributed by atoms with Crippen LogP contribution in [-0.4, -0.2) is 93.3 Å². The van der Waals surface area contributed by atoms with Crippen LogP contribution < -0.4 is 19.8 Å². The van der Waals surface area contributed by atoms with Crippen LogP contribution in [0.15, 0.2) is 144 Å². The Bertz CT molecular complexity index is 2520. The maximum absolute atomic E-state index is 14.5. The number of carbonyl (C=O) groups is 2. The fourth-order valence-corrected chi connectivity index (χ4v) is 16.1. The number of rotatable bonds is 26. The van der Waals surface area contributed by atoms with Gasteiger partial charge in [0.05, 0.1) is 39.1 Å². The number of hydrogen-bond donors (Lipinski definition) is 0. The summed E-state index contributed by atoms with van der Waals surface area (Å²) < 4.78 is 56.3. The Morgan fingerprint density at radius 1 is 0.797 bits per heavy atom. The molecule has 398 valence electrons. The van der Waals surface area contributed by atoms with Crippen LogP contribution in [0.2, 0.25) is 30.7 Å². The molecule has 0 radical (unpaired) electrons. The van der Waals surface area contributed by atoms with E-state index in [2.05, 4.69) is 120 Å². The zero-order valence-electron chi connectivity index (χ0n) is 45.5. The average molecular weight is 1060 g/mol. The molecule has 11 nitrogen and oxygen atoms in total. The lowest BCUT2D eigenvalue weighted by molar-refractivity contribution is -0.156. The van der Waals surface area contributed by atoms with Crippen LogP contribution in [0.1, 0.15) is 97.9 Å². The summed E-state index contributed by atoms with van der Waals surface area (Å²) in [5, 5.41) is 1.75. The molecular weight excluding hydrogens is 985 g/mol. The van der Waals surface area contributed by atoms with E-state index in [-0.39, 0.29) is 41.4 Å².